The number of benzene rings is 2. The van der Waals surface area contributed by atoms with Crippen LogP contribution in [0.5, 0.6) is 5.75 Å². The van der Waals surface area contributed by atoms with Gasteiger partial charge in [0.05, 0.1) is 15.2 Å². The first-order valence-corrected chi connectivity index (χ1v) is 6.85. The lowest BCUT2D eigenvalue weighted by Crippen LogP contribution is -1.96. The smallest absolute Gasteiger partial charge is 0.339 e. The van der Waals surface area contributed by atoms with E-state index in [-0.39, 0.29) is 11.3 Å². The zero-order chi connectivity index (χ0) is 14.1. The van der Waals surface area contributed by atoms with Gasteiger partial charge in [0.25, 0.3) is 0 Å². The first-order valence-electron chi connectivity index (χ1n) is 6.03. The van der Waals surface area contributed by atoms with E-state index in [4.69, 9.17) is 5.11 Å². The minimum absolute atomic E-state index is 0.117. The fourth-order valence-electron chi connectivity index (χ4n) is 2.03. The van der Waals surface area contributed by atoms with E-state index in [2.05, 4.69) is 4.98 Å². The molecule has 0 saturated carbocycles. The van der Waals surface area contributed by atoms with Gasteiger partial charge in [-0.2, -0.15) is 0 Å². The number of nitrogens with zero attached hydrogens (tertiary/aromatic N) is 1. The van der Waals surface area contributed by atoms with Gasteiger partial charge in [-0.1, -0.05) is 30.3 Å². The van der Waals surface area contributed by atoms with Crippen LogP contribution in [0, 0.1) is 0 Å². The third-order valence-corrected chi connectivity index (χ3v) is 4.00. The van der Waals surface area contributed by atoms with E-state index in [0.29, 0.717) is 11.9 Å². The monoisotopic (exact) mass is 285 g/mol. The fourth-order valence-corrected chi connectivity index (χ4v) is 3.04. The normalized spacial score (nSPS) is 10.8. The fraction of sp³-hybridized carbons (Fsp3) is 0.0667. The van der Waals surface area contributed by atoms with Crippen LogP contribution in [0.2, 0.25) is 0 Å². The van der Waals surface area contributed by atoms with Crippen LogP contribution in [0.15, 0.2) is 42.5 Å². The second-order valence-electron chi connectivity index (χ2n) is 4.41. The Morgan fingerprint density at radius 3 is 2.65 bits per heavy atom. The van der Waals surface area contributed by atoms with Gasteiger partial charge in [0.15, 0.2) is 0 Å². The van der Waals surface area contributed by atoms with E-state index in [1.807, 2.05) is 30.3 Å². The van der Waals surface area contributed by atoms with Crippen molar-refractivity contribution in [1.29, 1.82) is 0 Å². The summed E-state index contributed by atoms with van der Waals surface area (Å²) in [5.41, 5.74) is 1.64. The van der Waals surface area contributed by atoms with Crippen LogP contribution in [-0.2, 0) is 6.42 Å². The van der Waals surface area contributed by atoms with E-state index in [1.165, 1.54) is 23.5 Å². The minimum atomic E-state index is -1.15. The van der Waals surface area contributed by atoms with Gasteiger partial charge in [-0.25, -0.2) is 9.78 Å². The maximum atomic E-state index is 11.0. The standard InChI is InChI=1S/C15H11NO3S/c17-12-8-13-11(7-10(12)15(18)19)16-14(20-13)6-9-4-2-1-3-5-9/h1-5,7-8,17H,6H2,(H,18,19). The maximum Gasteiger partial charge on any atom is 0.339 e. The highest BCUT2D eigenvalue weighted by Gasteiger charge is 2.13. The van der Waals surface area contributed by atoms with E-state index in [9.17, 15) is 9.90 Å². The van der Waals surface area contributed by atoms with Crippen molar-refractivity contribution >= 4 is 27.5 Å². The summed E-state index contributed by atoms with van der Waals surface area (Å²) in [5.74, 6) is -1.37. The Bertz CT molecular complexity index is 780. The number of hydrogen-bond acceptors (Lipinski definition) is 4. The molecule has 1 aromatic heterocycles. The number of rotatable bonds is 3. The average molecular weight is 285 g/mol. The lowest BCUT2D eigenvalue weighted by molar-refractivity contribution is 0.0694. The second kappa shape index (κ2) is 4.94. The third-order valence-electron chi connectivity index (χ3n) is 2.98. The molecule has 0 spiro atoms. The van der Waals surface area contributed by atoms with E-state index in [1.54, 1.807) is 0 Å². The second-order valence-corrected chi connectivity index (χ2v) is 5.53. The average Bonchev–Trinajstić information content (AvgIpc) is 2.79. The summed E-state index contributed by atoms with van der Waals surface area (Å²) in [5, 5.41) is 19.6. The van der Waals surface area contributed by atoms with Gasteiger partial charge in [0.2, 0.25) is 0 Å². The number of carbonyl (C=O) groups is 1. The zero-order valence-electron chi connectivity index (χ0n) is 10.4. The number of aromatic hydroxyl groups is 1. The molecule has 0 unspecified atom stereocenters. The predicted octanol–water partition coefficient (Wildman–Crippen LogP) is 3.29. The topological polar surface area (TPSA) is 70.4 Å². The lowest BCUT2D eigenvalue weighted by atomic mass is 10.1. The van der Waals surface area contributed by atoms with Crippen molar-refractivity contribution in [3.63, 3.8) is 0 Å². The van der Waals surface area contributed by atoms with Crippen molar-refractivity contribution in [1.82, 2.24) is 4.98 Å². The van der Waals surface area contributed by atoms with Crippen molar-refractivity contribution in [3.05, 3.63) is 58.6 Å². The van der Waals surface area contributed by atoms with Crippen LogP contribution < -0.4 is 0 Å². The summed E-state index contributed by atoms with van der Waals surface area (Å²) in [6.45, 7) is 0. The number of phenols is 1. The molecule has 3 aromatic rings. The highest BCUT2D eigenvalue weighted by Crippen LogP contribution is 2.30. The molecule has 100 valence electrons. The van der Waals surface area contributed by atoms with E-state index >= 15 is 0 Å². The molecular weight excluding hydrogens is 274 g/mol. The molecule has 20 heavy (non-hydrogen) atoms. The van der Waals surface area contributed by atoms with Crippen LogP contribution in [-0.4, -0.2) is 21.2 Å². The van der Waals surface area contributed by atoms with Crippen LogP contribution in [0.1, 0.15) is 20.9 Å². The molecule has 0 bridgehead atoms. The summed E-state index contributed by atoms with van der Waals surface area (Å²) in [6, 6.07) is 12.8. The van der Waals surface area contributed by atoms with Gasteiger partial charge in [-0.3, -0.25) is 0 Å². The minimum Gasteiger partial charge on any atom is -0.507 e. The van der Waals surface area contributed by atoms with Crippen molar-refractivity contribution in [2.75, 3.05) is 0 Å². The molecule has 4 nitrogen and oxygen atoms in total. The number of fused-ring (bicyclic) bond motifs is 1. The molecule has 1 heterocycles. The van der Waals surface area contributed by atoms with Crippen LogP contribution in [0.4, 0.5) is 0 Å². The summed E-state index contributed by atoms with van der Waals surface area (Å²) in [4.78, 5) is 15.4. The number of aromatic carboxylic acids is 1. The molecule has 5 heteroatoms. The lowest BCUT2D eigenvalue weighted by Gasteiger charge is -1.97. The first-order chi connectivity index (χ1) is 9.63. The van der Waals surface area contributed by atoms with Crippen molar-refractivity contribution in [3.8, 4) is 5.75 Å². The summed E-state index contributed by atoms with van der Waals surface area (Å²) >= 11 is 1.46. The largest absolute Gasteiger partial charge is 0.507 e. The summed E-state index contributed by atoms with van der Waals surface area (Å²) < 4.78 is 0.790. The molecule has 0 aliphatic rings. The molecule has 0 aliphatic heterocycles. The summed E-state index contributed by atoms with van der Waals surface area (Å²) in [6.07, 6.45) is 0.698. The van der Waals surface area contributed by atoms with E-state index < -0.39 is 5.97 Å². The highest BCUT2D eigenvalue weighted by atomic mass is 32.1. The number of aromatic nitrogens is 1. The van der Waals surface area contributed by atoms with Gasteiger partial charge in [-0.15, -0.1) is 11.3 Å². The highest BCUT2D eigenvalue weighted by molar-refractivity contribution is 7.18. The Balaban J connectivity index is 2.00. The van der Waals surface area contributed by atoms with Gasteiger partial charge in [0, 0.05) is 12.5 Å². The molecule has 0 fully saturated rings. The van der Waals surface area contributed by atoms with Gasteiger partial charge in [0.1, 0.15) is 11.3 Å². The summed E-state index contributed by atoms with van der Waals surface area (Å²) in [7, 11) is 0. The molecule has 0 radical (unpaired) electrons. The van der Waals surface area contributed by atoms with Gasteiger partial charge >= 0.3 is 5.97 Å². The third kappa shape index (κ3) is 2.35. The van der Waals surface area contributed by atoms with Crippen LogP contribution in [0.25, 0.3) is 10.2 Å². The Hall–Kier alpha value is -2.40. The number of hydrogen-bond donors (Lipinski definition) is 2. The number of carboxylic acids is 1. The quantitative estimate of drug-likeness (QED) is 0.774. The van der Waals surface area contributed by atoms with Crippen LogP contribution in [0.3, 0.4) is 0 Å². The molecule has 2 aromatic carbocycles. The molecule has 3 rings (SSSR count). The Kier molecular flexibility index (Phi) is 3.12. The molecule has 2 N–H and O–H groups in total. The first kappa shape index (κ1) is 12.6. The van der Waals surface area contributed by atoms with Gasteiger partial charge in [-0.05, 0) is 11.6 Å². The van der Waals surface area contributed by atoms with Crippen molar-refractivity contribution in [2.45, 2.75) is 6.42 Å². The molecule has 0 atom stereocenters. The van der Waals surface area contributed by atoms with Crippen molar-refractivity contribution < 1.29 is 15.0 Å². The van der Waals surface area contributed by atoms with Crippen LogP contribution >= 0.6 is 11.3 Å². The molecule has 0 aliphatic carbocycles. The molecule has 0 saturated heterocycles. The number of thiazole rings is 1. The molecular formula is C15H11NO3S. The van der Waals surface area contributed by atoms with Gasteiger partial charge < -0.3 is 10.2 Å². The zero-order valence-corrected chi connectivity index (χ0v) is 11.2. The predicted molar refractivity (Wildman–Crippen MR) is 77.5 cm³/mol. The van der Waals surface area contributed by atoms with Crippen molar-refractivity contribution in [2.24, 2.45) is 0 Å². The number of carboxylic acid groups (broad SMARTS) is 1. The maximum absolute atomic E-state index is 11.0. The Morgan fingerprint density at radius 1 is 1.20 bits per heavy atom. The van der Waals surface area contributed by atoms with E-state index in [0.717, 1.165) is 15.3 Å². The molecule has 0 amide bonds. The Morgan fingerprint density at radius 2 is 1.95 bits per heavy atom. The Labute approximate surface area is 119 Å². The SMILES string of the molecule is O=C(O)c1cc2nc(Cc3ccccc3)sc2cc1O.